The number of alkyl halides is 1. The average molecular weight is 391 g/mol. The van der Waals surface area contributed by atoms with Gasteiger partial charge in [-0.15, -0.1) is 11.6 Å². The number of fused-ring (bicyclic) bond motifs is 1. The van der Waals surface area contributed by atoms with Gasteiger partial charge in [-0.25, -0.2) is 0 Å². The fourth-order valence-corrected chi connectivity index (χ4v) is 4.07. The largest absolute Gasteiger partial charge is 0.474 e. The Bertz CT molecular complexity index is 734. The number of morpholine rings is 1. The lowest BCUT2D eigenvalue weighted by Gasteiger charge is -2.38. The first kappa shape index (κ1) is 18.9. The van der Waals surface area contributed by atoms with E-state index in [0.29, 0.717) is 13.2 Å². The van der Waals surface area contributed by atoms with Gasteiger partial charge in [0.1, 0.15) is 5.75 Å². The molecule has 2 heterocycles. The number of rotatable bonds is 5. The molecule has 0 bridgehead atoms. The molecule has 0 aliphatic carbocycles. The molecule has 2 aliphatic heterocycles. The standard InChI is InChI=1S/C16H23ClN2O5S/c1-16(2)12-9-11(13(17)10-18-25(20,21)22)3-4-14(12)24-15(16)19-5-7-23-8-6-19/h3-4,9,13,15,18H,5-8,10H2,1-2H3,(H,20,21,22). The third-order valence-corrected chi connectivity index (χ3v) is 5.68. The summed E-state index contributed by atoms with van der Waals surface area (Å²) >= 11 is 6.29. The van der Waals surface area contributed by atoms with Crippen molar-refractivity contribution in [1.29, 1.82) is 0 Å². The van der Waals surface area contributed by atoms with Crippen molar-refractivity contribution in [2.24, 2.45) is 0 Å². The number of ether oxygens (including phenoxy) is 2. The fraction of sp³-hybridized carbons (Fsp3) is 0.625. The third kappa shape index (κ3) is 4.10. The first-order chi connectivity index (χ1) is 11.7. The van der Waals surface area contributed by atoms with Crippen molar-refractivity contribution in [3.05, 3.63) is 29.3 Å². The predicted octanol–water partition coefficient (Wildman–Crippen LogP) is 1.69. The molecule has 2 atom stereocenters. The zero-order valence-corrected chi connectivity index (χ0v) is 15.8. The monoisotopic (exact) mass is 390 g/mol. The molecule has 1 aromatic rings. The second-order valence-corrected chi connectivity index (χ2v) is 8.65. The Hall–Kier alpha value is -0.900. The van der Waals surface area contributed by atoms with E-state index in [1.807, 2.05) is 22.9 Å². The van der Waals surface area contributed by atoms with Crippen LogP contribution in [0.5, 0.6) is 5.75 Å². The Morgan fingerprint density at radius 1 is 1.40 bits per heavy atom. The topological polar surface area (TPSA) is 88.1 Å². The molecular formula is C16H23ClN2O5S. The second kappa shape index (κ2) is 7.02. The average Bonchev–Trinajstić information content (AvgIpc) is 2.83. The van der Waals surface area contributed by atoms with Crippen molar-refractivity contribution < 1.29 is 22.4 Å². The number of nitrogens with zero attached hydrogens (tertiary/aromatic N) is 1. The molecule has 140 valence electrons. The van der Waals surface area contributed by atoms with Gasteiger partial charge in [-0.2, -0.15) is 13.1 Å². The van der Waals surface area contributed by atoms with Crippen LogP contribution < -0.4 is 9.46 Å². The highest BCUT2D eigenvalue weighted by Crippen LogP contribution is 2.45. The first-order valence-electron chi connectivity index (χ1n) is 8.17. The van der Waals surface area contributed by atoms with E-state index >= 15 is 0 Å². The molecule has 2 aliphatic rings. The van der Waals surface area contributed by atoms with Crippen LogP contribution in [0.15, 0.2) is 18.2 Å². The molecule has 3 rings (SSSR count). The van der Waals surface area contributed by atoms with Gasteiger partial charge in [0.15, 0.2) is 6.23 Å². The third-order valence-electron chi connectivity index (χ3n) is 4.74. The molecule has 2 unspecified atom stereocenters. The van der Waals surface area contributed by atoms with Crippen LogP contribution in [0.1, 0.15) is 30.4 Å². The summed E-state index contributed by atoms with van der Waals surface area (Å²) in [6.45, 7) is 7.21. The number of benzene rings is 1. The van der Waals surface area contributed by atoms with Crippen molar-refractivity contribution in [1.82, 2.24) is 9.62 Å². The number of halogens is 1. The maximum atomic E-state index is 10.8. The minimum absolute atomic E-state index is 0.0774. The van der Waals surface area contributed by atoms with Crippen molar-refractivity contribution in [2.45, 2.75) is 30.9 Å². The normalized spacial score (nSPS) is 24.6. The Labute approximate surface area is 153 Å². The van der Waals surface area contributed by atoms with Gasteiger partial charge in [-0.1, -0.05) is 19.9 Å². The number of hydrogen-bond acceptors (Lipinski definition) is 5. The Kier molecular flexibility index (Phi) is 5.30. The van der Waals surface area contributed by atoms with Gasteiger partial charge in [-0.05, 0) is 17.7 Å². The summed E-state index contributed by atoms with van der Waals surface area (Å²) in [4.78, 5) is 2.28. The number of hydrogen-bond donors (Lipinski definition) is 2. The molecular weight excluding hydrogens is 368 g/mol. The molecule has 25 heavy (non-hydrogen) atoms. The molecule has 0 radical (unpaired) electrons. The van der Waals surface area contributed by atoms with Gasteiger partial charge in [0.05, 0.1) is 18.6 Å². The SMILES string of the molecule is CC1(C)c2cc(C(Cl)CNS(=O)(=O)O)ccc2OC1N1CCOCC1. The second-order valence-electron chi connectivity index (χ2n) is 6.89. The summed E-state index contributed by atoms with van der Waals surface area (Å²) in [6.07, 6.45) is -0.0774. The molecule has 9 heteroatoms. The van der Waals surface area contributed by atoms with Crippen LogP contribution in [0.2, 0.25) is 0 Å². The number of nitrogens with one attached hydrogen (secondary N) is 1. The van der Waals surface area contributed by atoms with E-state index in [1.54, 1.807) is 0 Å². The minimum atomic E-state index is -4.26. The van der Waals surface area contributed by atoms with Gasteiger partial charge >= 0.3 is 10.3 Å². The van der Waals surface area contributed by atoms with Gasteiger partial charge in [0.2, 0.25) is 0 Å². The van der Waals surface area contributed by atoms with E-state index in [2.05, 4.69) is 18.7 Å². The van der Waals surface area contributed by atoms with Gasteiger partial charge < -0.3 is 9.47 Å². The van der Waals surface area contributed by atoms with E-state index in [0.717, 1.165) is 30.0 Å². The fourth-order valence-electron chi connectivity index (χ4n) is 3.39. The molecule has 1 fully saturated rings. The summed E-state index contributed by atoms with van der Waals surface area (Å²) < 4.78 is 44.1. The van der Waals surface area contributed by atoms with Gasteiger partial charge in [0, 0.05) is 30.6 Å². The lowest BCUT2D eigenvalue weighted by atomic mass is 9.82. The van der Waals surface area contributed by atoms with Gasteiger partial charge in [-0.3, -0.25) is 9.45 Å². The molecule has 1 aromatic carbocycles. The van der Waals surface area contributed by atoms with Crippen molar-refractivity contribution in [3.63, 3.8) is 0 Å². The highest BCUT2D eigenvalue weighted by Gasteiger charge is 2.45. The molecule has 1 saturated heterocycles. The van der Waals surface area contributed by atoms with Gasteiger partial charge in [0.25, 0.3) is 0 Å². The molecule has 2 N–H and O–H groups in total. The lowest BCUT2D eigenvalue weighted by molar-refractivity contribution is -0.0612. The van der Waals surface area contributed by atoms with Crippen molar-refractivity contribution in [3.8, 4) is 5.75 Å². The molecule has 0 saturated carbocycles. The van der Waals surface area contributed by atoms with Crippen molar-refractivity contribution in [2.75, 3.05) is 32.8 Å². The Morgan fingerprint density at radius 2 is 2.08 bits per heavy atom. The van der Waals surface area contributed by atoms with Crippen molar-refractivity contribution >= 4 is 21.9 Å². The van der Waals surface area contributed by atoms with Crippen LogP contribution in [0.4, 0.5) is 0 Å². The van der Waals surface area contributed by atoms with Crippen LogP contribution in [-0.4, -0.2) is 56.9 Å². The van der Waals surface area contributed by atoms with E-state index in [1.165, 1.54) is 0 Å². The highest BCUT2D eigenvalue weighted by molar-refractivity contribution is 7.83. The van der Waals surface area contributed by atoms with E-state index < -0.39 is 15.7 Å². The zero-order valence-electron chi connectivity index (χ0n) is 14.2. The maximum absolute atomic E-state index is 10.8. The minimum Gasteiger partial charge on any atom is -0.474 e. The summed E-state index contributed by atoms with van der Waals surface area (Å²) in [6, 6.07) is 5.65. The summed E-state index contributed by atoms with van der Waals surface area (Å²) in [7, 11) is -4.26. The van der Waals surface area contributed by atoms with Crippen LogP contribution in [-0.2, 0) is 20.5 Å². The van der Waals surface area contributed by atoms with Crippen LogP contribution >= 0.6 is 11.6 Å². The van der Waals surface area contributed by atoms with E-state index in [4.69, 9.17) is 25.6 Å². The molecule has 7 nitrogen and oxygen atoms in total. The van der Waals surface area contributed by atoms with Crippen LogP contribution in [0.3, 0.4) is 0 Å². The zero-order chi connectivity index (χ0) is 18.2. The van der Waals surface area contributed by atoms with E-state index in [-0.39, 0.29) is 18.2 Å². The van der Waals surface area contributed by atoms with Crippen LogP contribution in [0, 0.1) is 0 Å². The molecule has 0 aromatic heterocycles. The summed E-state index contributed by atoms with van der Waals surface area (Å²) in [5.74, 6) is 0.817. The Morgan fingerprint density at radius 3 is 2.72 bits per heavy atom. The maximum Gasteiger partial charge on any atom is 0.333 e. The molecule has 0 amide bonds. The molecule has 0 spiro atoms. The smallest absolute Gasteiger partial charge is 0.333 e. The first-order valence-corrected chi connectivity index (χ1v) is 10.0. The highest BCUT2D eigenvalue weighted by atomic mass is 35.5. The predicted molar refractivity (Wildman–Crippen MR) is 94.4 cm³/mol. The quantitative estimate of drug-likeness (QED) is 0.587. The Balaban J connectivity index is 1.79. The van der Waals surface area contributed by atoms with E-state index in [9.17, 15) is 8.42 Å². The summed E-state index contributed by atoms with van der Waals surface area (Å²) in [5, 5.41) is -0.592. The summed E-state index contributed by atoms with van der Waals surface area (Å²) in [5.41, 5.74) is 1.57. The lowest BCUT2D eigenvalue weighted by Crippen LogP contribution is -2.52. The van der Waals surface area contributed by atoms with Crippen LogP contribution in [0.25, 0.3) is 0 Å².